The first-order chi connectivity index (χ1) is 8.22. The van der Waals surface area contributed by atoms with Crippen molar-refractivity contribution in [3.05, 3.63) is 35.1 Å². The zero-order valence-electron chi connectivity index (χ0n) is 10.1. The van der Waals surface area contributed by atoms with Crippen molar-refractivity contribution >= 4 is 0 Å². The van der Waals surface area contributed by atoms with Crippen molar-refractivity contribution in [2.24, 2.45) is 5.73 Å². The van der Waals surface area contributed by atoms with Crippen molar-refractivity contribution in [1.29, 1.82) is 0 Å². The summed E-state index contributed by atoms with van der Waals surface area (Å²) >= 11 is 0. The summed E-state index contributed by atoms with van der Waals surface area (Å²) in [7, 11) is 0. The number of hydrogen-bond donors (Lipinski definition) is 2. The Morgan fingerprint density at radius 1 is 1.24 bits per heavy atom. The molecule has 94 valence electrons. The van der Waals surface area contributed by atoms with Gasteiger partial charge in [-0.2, -0.15) is 0 Å². The van der Waals surface area contributed by atoms with Crippen molar-refractivity contribution < 1.29 is 9.50 Å². The number of aliphatic hydroxyl groups is 1. The maximum absolute atomic E-state index is 13.4. The van der Waals surface area contributed by atoms with E-state index >= 15 is 0 Å². The van der Waals surface area contributed by atoms with E-state index in [2.05, 4.69) is 0 Å². The van der Waals surface area contributed by atoms with Crippen LogP contribution in [0.15, 0.2) is 18.2 Å². The van der Waals surface area contributed by atoms with E-state index in [0.717, 1.165) is 18.4 Å². The van der Waals surface area contributed by atoms with E-state index in [1.165, 1.54) is 25.3 Å². The Balaban J connectivity index is 2.36. The molecule has 0 radical (unpaired) electrons. The van der Waals surface area contributed by atoms with E-state index < -0.39 is 0 Å². The van der Waals surface area contributed by atoms with Crippen molar-refractivity contribution in [2.45, 2.75) is 44.1 Å². The molecule has 0 spiro atoms. The molecule has 1 aliphatic carbocycles. The quantitative estimate of drug-likeness (QED) is 0.848. The molecule has 1 saturated carbocycles. The van der Waals surface area contributed by atoms with Crippen molar-refractivity contribution in [2.75, 3.05) is 6.54 Å². The molecule has 0 saturated heterocycles. The third kappa shape index (κ3) is 2.35. The van der Waals surface area contributed by atoms with Crippen LogP contribution in [0.5, 0.6) is 0 Å². The van der Waals surface area contributed by atoms with E-state index in [9.17, 15) is 4.39 Å². The van der Waals surface area contributed by atoms with Crippen LogP contribution >= 0.6 is 0 Å². The van der Waals surface area contributed by atoms with Gasteiger partial charge in [-0.15, -0.1) is 0 Å². The third-order valence-electron chi connectivity index (χ3n) is 4.03. The van der Waals surface area contributed by atoms with Crippen LogP contribution in [0.3, 0.4) is 0 Å². The molecular formula is C14H20FNO. The zero-order chi connectivity index (χ0) is 12.3. The second-order valence-corrected chi connectivity index (χ2v) is 5.01. The SMILES string of the molecule is NCC1(c2ccc(F)c(CO)c2)CCCCC1. The molecule has 1 fully saturated rings. The van der Waals surface area contributed by atoms with Crippen molar-refractivity contribution in [3.8, 4) is 0 Å². The highest BCUT2D eigenvalue weighted by Gasteiger charge is 2.32. The number of aliphatic hydroxyl groups excluding tert-OH is 1. The standard InChI is InChI=1S/C14H20FNO/c15-13-5-4-12(8-11(13)9-17)14(10-16)6-2-1-3-7-14/h4-5,8,17H,1-3,6-7,9-10,16H2. The number of halogens is 1. The second kappa shape index (κ2) is 5.15. The largest absolute Gasteiger partial charge is 0.392 e. The predicted octanol–water partition coefficient (Wildman–Crippen LogP) is 2.48. The maximum atomic E-state index is 13.4. The molecule has 0 heterocycles. The smallest absolute Gasteiger partial charge is 0.128 e. The molecule has 0 aromatic heterocycles. The molecule has 0 atom stereocenters. The minimum absolute atomic E-state index is 0.00410. The van der Waals surface area contributed by atoms with Gasteiger partial charge in [-0.25, -0.2) is 4.39 Å². The molecule has 0 aliphatic heterocycles. The Kier molecular flexibility index (Phi) is 3.79. The molecule has 3 heteroatoms. The zero-order valence-corrected chi connectivity index (χ0v) is 10.1. The average Bonchev–Trinajstić information content (AvgIpc) is 2.40. The monoisotopic (exact) mass is 237 g/mol. The highest BCUT2D eigenvalue weighted by molar-refractivity contribution is 5.32. The number of hydrogen-bond acceptors (Lipinski definition) is 2. The van der Waals surface area contributed by atoms with Gasteiger partial charge in [0.2, 0.25) is 0 Å². The molecule has 1 aliphatic rings. The lowest BCUT2D eigenvalue weighted by Crippen LogP contribution is -2.37. The van der Waals surface area contributed by atoms with Crippen LogP contribution in [0.1, 0.15) is 43.2 Å². The fraction of sp³-hybridized carbons (Fsp3) is 0.571. The Hall–Kier alpha value is -0.930. The number of benzene rings is 1. The van der Waals surface area contributed by atoms with Crippen LogP contribution in [0.25, 0.3) is 0 Å². The van der Waals surface area contributed by atoms with Gasteiger partial charge in [-0.1, -0.05) is 25.3 Å². The van der Waals surface area contributed by atoms with E-state index in [4.69, 9.17) is 10.8 Å². The molecular weight excluding hydrogens is 217 g/mol. The van der Waals surface area contributed by atoms with E-state index in [1.54, 1.807) is 6.07 Å². The molecule has 0 bridgehead atoms. The van der Waals surface area contributed by atoms with Gasteiger partial charge in [0, 0.05) is 17.5 Å². The number of nitrogens with two attached hydrogens (primary N) is 1. The lowest BCUT2D eigenvalue weighted by atomic mass is 9.69. The molecule has 2 rings (SSSR count). The summed E-state index contributed by atoms with van der Waals surface area (Å²) in [4.78, 5) is 0. The molecule has 0 amide bonds. The Morgan fingerprint density at radius 2 is 1.94 bits per heavy atom. The first-order valence-electron chi connectivity index (χ1n) is 6.32. The summed E-state index contributed by atoms with van der Waals surface area (Å²) in [5.74, 6) is -0.334. The first-order valence-corrected chi connectivity index (χ1v) is 6.32. The van der Waals surface area contributed by atoms with Crippen LogP contribution in [-0.2, 0) is 12.0 Å². The number of rotatable bonds is 3. The Bertz CT molecular complexity index is 386. The molecule has 0 unspecified atom stereocenters. The van der Waals surface area contributed by atoms with Gasteiger partial charge < -0.3 is 10.8 Å². The summed E-state index contributed by atoms with van der Waals surface area (Å²) < 4.78 is 13.4. The van der Waals surface area contributed by atoms with Crippen molar-refractivity contribution in [1.82, 2.24) is 0 Å². The summed E-state index contributed by atoms with van der Waals surface area (Å²) in [6, 6.07) is 5.06. The lowest BCUT2D eigenvalue weighted by molar-refractivity contribution is 0.273. The van der Waals surface area contributed by atoms with Crippen molar-refractivity contribution in [3.63, 3.8) is 0 Å². The van der Waals surface area contributed by atoms with Gasteiger partial charge in [0.1, 0.15) is 5.82 Å². The fourth-order valence-electron chi connectivity index (χ4n) is 2.86. The molecule has 17 heavy (non-hydrogen) atoms. The molecule has 3 N–H and O–H groups in total. The van der Waals surface area contributed by atoms with Gasteiger partial charge in [-0.05, 0) is 30.5 Å². The molecule has 1 aromatic carbocycles. The Morgan fingerprint density at radius 3 is 2.53 bits per heavy atom. The van der Waals surface area contributed by atoms with Crippen LogP contribution in [-0.4, -0.2) is 11.7 Å². The van der Waals surface area contributed by atoms with E-state index in [1.807, 2.05) is 6.07 Å². The van der Waals surface area contributed by atoms with Gasteiger partial charge in [-0.3, -0.25) is 0 Å². The van der Waals surface area contributed by atoms with Gasteiger partial charge in [0.25, 0.3) is 0 Å². The fourth-order valence-corrected chi connectivity index (χ4v) is 2.86. The van der Waals surface area contributed by atoms with E-state index in [0.29, 0.717) is 12.1 Å². The van der Waals surface area contributed by atoms with E-state index in [-0.39, 0.29) is 17.8 Å². The molecule has 2 nitrogen and oxygen atoms in total. The third-order valence-corrected chi connectivity index (χ3v) is 4.03. The van der Waals surface area contributed by atoms with Crippen LogP contribution in [0, 0.1) is 5.82 Å². The normalized spacial score (nSPS) is 19.2. The van der Waals surface area contributed by atoms with Gasteiger partial charge in [0.05, 0.1) is 6.61 Å². The average molecular weight is 237 g/mol. The lowest BCUT2D eigenvalue weighted by Gasteiger charge is -2.37. The second-order valence-electron chi connectivity index (χ2n) is 5.01. The Labute approximate surface area is 102 Å². The highest BCUT2D eigenvalue weighted by atomic mass is 19.1. The topological polar surface area (TPSA) is 46.2 Å². The molecule has 1 aromatic rings. The van der Waals surface area contributed by atoms with Crippen LogP contribution in [0.2, 0.25) is 0 Å². The minimum atomic E-state index is -0.334. The first kappa shape index (κ1) is 12.5. The summed E-state index contributed by atoms with van der Waals surface area (Å²) in [5.41, 5.74) is 7.40. The maximum Gasteiger partial charge on any atom is 0.128 e. The predicted molar refractivity (Wildman–Crippen MR) is 66.1 cm³/mol. The summed E-state index contributed by atoms with van der Waals surface area (Å²) in [6.07, 6.45) is 5.77. The van der Waals surface area contributed by atoms with Gasteiger partial charge in [0.15, 0.2) is 0 Å². The highest BCUT2D eigenvalue weighted by Crippen LogP contribution is 2.39. The van der Waals surface area contributed by atoms with Crippen LogP contribution < -0.4 is 5.73 Å². The van der Waals surface area contributed by atoms with Gasteiger partial charge >= 0.3 is 0 Å². The van der Waals surface area contributed by atoms with Crippen LogP contribution in [0.4, 0.5) is 4.39 Å². The minimum Gasteiger partial charge on any atom is -0.392 e. The summed E-state index contributed by atoms with van der Waals surface area (Å²) in [6.45, 7) is 0.351. The summed E-state index contributed by atoms with van der Waals surface area (Å²) in [5, 5.41) is 9.13.